The van der Waals surface area contributed by atoms with Crippen LogP contribution in [0.2, 0.25) is 0 Å². The summed E-state index contributed by atoms with van der Waals surface area (Å²) in [5.74, 6) is 0.173. The standard InChI is InChI=1S/C14H22N2O/c1-4-5-6-13-10-11(2)9-12(3)16-14(17)7-8-15-13/h9-10H,4-8H2,1-3H3,(H,16,17)/b11-10+,12-9+,15-13-. The zero-order chi connectivity index (χ0) is 12.7. The van der Waals surface area contributed by atoms with E-state index >= 15 is 0 Å². The second-order valence-corrected chi connectivity index (χ2v) is 4.43. The minimum absolute atomic E-state index is 0.173. The molecule has 1 N–H and O–H groups in total. The summed E-state index contributed by atoms with van der Waals surface area (Å²) in [5.41, 5.74) is 3.10. The minimum Gasteiger partial charge on any atom is -0.496 e. The van der Waals surface area contributed by atoms with E-state index in [9.17, 15) is 5.11 Å². The molecule has 1 rings (SSSR count). The molecule has 0 aliphatic carbocycles. The van der Waals surface area contributed by atoms with Gasteiger partial charge < -0.3 is 5.11 Å². The van der Waals surface area contributed by atoms with Gasteiger partial charge in [-0.1, -0.05) is 13.3 Å². The van der Waals surface area contributed by atoms with E-state index < -0.39 is 0 Å². The Morgan fingerprint density at radius 2 is 2.06 bits per heavy atom. The number of aliphatic imine (C=N–C) groups is 2. The first-order valence-electron chi connectivity index (χ1n) is 6.28. The summed E-state index contributed by atoms with van der Waals surface area (Å²) in [6.45, 7) is 6.74. The summed E-state index contributed by atoms with van der Waals surface area (Å²) < 4.78 is 0. The van der Waals surface area contributed by atoms with E-state index in [4.69, 9.17) is 0 Å². The molecular formula is C14H22N2O. The molecule has 0 aromatic carbocycles. The summed E-state index contributed by atoms with van der Waals surface area (Å²) >= 11 is 0. The van der Waals surface area contributed by atoms with E-state index in [1.807, 2.05) is 19.9 Å². The van der Waals surface area contributed by atoms with Crippen molar-refractivity contribution >= 4 is 11.6 Å². The Hall–Kier alpha value is -1.38. The molecule has 1 aliphatic rings. The molecular weight excluding hydrogens is 212 g/mol. The van der Waals surface area contributed by atoms with Gasteiger partial charge in [-0.25, -0.2) is 4.99 Å². The van der Waals surface area contributed by atoms with Crippen LogP contribution in [0, 0.1) is 0 Å². The zero-order valence-electron chi connectivity index (χ0n) is 11.0. The Balaban J connectivity index is 2.89. The number of aliphatic hydroxyl groups excluding tert-OH is 1. The summed E-state index contributed by atoms with van der Waals surface area (Å²) in [4.78, 5) is 8.62. The van der Waals surface area contributed by atoms with Gasteiger partial charge in [-0.3, -0.25) is 4.99 Å². The third kappa shape index (κ3) is 5.48. The van der Waals surface area contributed by atoms with Gasteiger partial charge in [0, 0.05) is 24.4 Å². The van der Waals surface area contributed by atoms with Gasteiger partial charge in [-0.15, -0.1) is 0 Å². The van der Waals surface area contributed by atoms with Crippen molar-refractivity contribution in [2.45, 2.75) is 46.5 Å². The largest absolute Gasteiger partial charge is 0.496 e. The van der Waals surface area contributed by atoms with Gasteiger partial charge in [-0.2, -0.15) is 0 Å². The highest BCUT2D eigenvalue weighted by molar-refractivity contribution is 5.96. The Kier molecular flexibility index (Phi) is 5.67. The van der Waals surface area contributed by atoms with Crippen LogP contribution in [0.1, 0.15) is 46.5 Å². The summed E-state index contributed by atoms with van der Waals surface area (Å²) in [6.07, 6.45) is 7.96. The molecule has 0 saturated carbocycles. The highest BCUT2D eigenvalue weighted by Gasteiger charge is 2.01. The van der Waals surface area contributed by atoms with Gasteiger partial charge in [0.1, 0.15) is 0 Å². The monoisotopic (exact) mass is 234 g/mol. The third-order valence-corrected chi connectivity index (χ3v) is 2.57. The lowest BCUT2D eigenvalue weighted by atomic mass is 10.1. The molecule has 0 unspecified atom stereocenters. The first-order chi connectivity index (χ1) is 8.11. The predicted molar refractivity (Wildman–Crippen MR) is 74.0 cm³/mol. The lowest BCUT2D eigenvalue weighted by molar-refractivity contribution is 0.530. The van der Waals surface area contributed by atoms with Crippen molar-refractivity contribution in [1.29, 1.82) is 0 Å². The first-order valence-corrected chi connectivity index (χ1v) is 6.28. The first kappa shape index (κ1) is 13.7. The van der Waals surface area contributed by atoms with Crippen LogP contribution < -0.4 is 0 Å². The van der Waals surface area contributed by atoms with Crippen molar-refractivity contribution < 1.29 is 5.11 Å². The molecule has 0 fully saturated rings. The van der Waals surface area contributed by atoms with Crippen molar-refractivity contribution in [2.75, 3.05) is 6.54 Å². The highest BCUT2D eigenvalue weighted by atomic mass is 16.3. The summed E-state index contributed by atoms with van der Waals surface area (Å²) in [6, 6.07) is 0. The van der Waals surface area contributed by atoms with Crippen LogP contribution in [0.5, 0.6) is 0 Å². The number of rotatable bonds is 3. The molecule has 94 valence electrons. The zero-order valence-corrected chi connectivity index (χ0v) is 11.0. The van der Waals surface area contributed by atoms with Crippen LogP contribution in [-0.2, 0) is 0 Å². The number of allylic oxidation sites excluding steroid dienone is 4. The fraction of sp³-hybridized carbons (Fsp3) is 0.571. The van der Waals surface area contributed by atoms with Gasteiger partial charge >= 0.3 is 0 Å². The maximum atomic E-state index is 9.57. The predicted octanol–water partition coefficient (Wildman–Crippen LogP) is 3.83. The second-order valence-electron chi connectivity index (χ2n) is 4.43. The maximum absolute atomic E-state index is 9.57. The smallest absolute Gasteiger partial charge is 0.187 e. The van der Waals surface area contributed by atoms with E-state index in [1.54, 1.807) is 0 Å². The topological polar surface area (TPSA) is 45.0 Å². The normalized spacial score (nSPS) is 30.1. The van der Waals surface area contributed by atoms with E-state index in [2.05, 4.69) is 23.0 Å². The fourth-order valence-electron chi connectivity index (χ4n) is 1.78. The Morgan fingerprint density at radius 1 is 1.29 bits per heavy atom. The number of aliphatic hydroxyl groups is 1. The molecule has 0 saturated heterocycles. The molecule has 0 spiro atoms. The second kappa shape index (κ2) is 7.05. The Labute approximate surface area is 104 Å². The summed E-state index contributed by atoms with van der Waals surface area (Å²) in [5, 5.41) is 9.57. The van der Waals surface area contributed by atoms with Crippen LogP contribution in [0.15, 0.2) is 33.4 Å². The van der Waals surface area contributed by atoms with E-state index in [0.717, 1.165) is 29.8 Å². The summed E-state index contributed by atoms with van der Waals surface area (Å²) in [7, 11) is 0. The molecule has 1 aliphatic heterocycles. The lowest BCUT2D eigenvalue weighted by Gasteiger charge is -2.05. The number of nitrogens with zero attached hydrogens (tertiary/aromatic N) is 2. The van der Waals surface area contributed by atoms with E-state index in [0.29, 0.717) is 13.0 Å². The molecule has 3 heteroatoms. The molecule has 1 heterocycles. The molecule has 0 radical (unpaired) electrons. The Morgan fingerprint density at radius 3 is 2.76 bits per heavy atom. The third-order valence-electron chi connectivity index (χ3n) is 2.57. The molecule has 0 aromatic rings. The van der Waals surface area contributed by atoms with Crippen LogP contribution in [0.25, 0.3) is 0 Å². The SMILES string of the molecule is CCCCC1=N\CC\C(O)=N/C(C)=C/C(C)=C/1. The molecule has 17 heavy (non-hydrogen) atoms. The van der Waals surface area contributed by atoms with Crippen molar-refractivity contribution in [2.24, 2.45) is 9.98 Å². The number of hydrogen-bond donors (Lipinski definition) is 1. The van der Waals surface area contributed by atoms with Gasteiger partial charge in [-0.05, 0) is 44.4 Å². The van der Waals surface area contributed by atoms with Crippen LogP contribution >= 0.6 is 0 Å². The van der Waals surface area contributed by atoms with Crippen molar-refractivity contribution in [3.63, 3.8) is 0 Å². The molecule has 0 amide bonds. The number of hydrogen-bond acceptors (Lipinski definition) is 2. The van der Waals surface area contributed by atoms with Crippen LogP contribution in [-0.4, -0.2) is 23.3 Å². The average molecular weight is 234 g/mol. The molecule has 0 bridgehead atoms. The van der Waals surface area contributed by atoms with Crippen LogP contribution in [0.4, 0.5) is 0 Å². The fourth-order valence-corrected chi connectivity index (χ4v) is 1.78. The van der Waals surface area contributed by atoms with Gasteiger partial charge in [0.2, 0.25) is 0 Å². The van der Waals surface area contributed by atoms with Gasteiger partial charge in [0.25, 0.3) is 0 Å². The molecule has 0 aromatic heterocycles. The van der Waals surface area contributed by atoms with Crippen LogP contribution in [0.3, 0.4) is 0 Å². The van der Waals surface area contributed by atoms with Crippen molar-refractivity contribution in [3.05, 3.63) is 23.4 Å². The molecule has 0 atom stereocenters. The van der Waals surface area contributed by atoms with E-state index in [-0.39, 0.29) is 5.90 Å². The lowest BCUT2D eigenvalue weighted by Crippen LogP contribution is -2.04. The van der Waals surface area contributed by atoms with E-state index in [1.165, 1.54) is 6.42 Å². The molecule has 3 nitrogen and oxygen atoms in total. The maximum Gasteiger partial charge on any atom is 0.187 e. The minimum atomic E-state index is 0.173. The number of unbranched alkanes of at least 4 members (excludes halogenated alkanes) is 1. The quantitative estimate of drug-likeness (QED) is 0.792. The van der Waals surface area contributed by atoms with Gasteiger partial charge in [0.15, 0.2) is 5.90 Å². The average Bonchev–Trinajstić information content (AvgIpc) is 2.24. The van der Waals surface area contributed by atoms with Crippen molar-refractivity contribution in [1.82, 2.24) is 0 Å². The Bertz CT molecular complexity index is 376. The highest BCUT2D eigenvalue weighted by Crippen LogP contribution is 2.09. The van der Waals surface area contributed by atoms with Crippen molar-refractivity contribution in [3.8, 4) is 0 Å². The van der Waals surface area contributed by atoms with Gasteiger partial charge in [0.05, 0.1) is 0 Å².